The van der Waals surface area contributed by atoms with Gasteiger partial charge >= 0.3 is 5.97 Å². The van der Waals surface area contributed by atoms with E-state index < -0.39 is 36.7 Å². The molecule has 0 unspecified atom stereocenters. The monoisotopic (exact) mass is 328 g/mol. The summed E-state index contributed by atoms with van der Waals surface area (Å²) in [5.74, 6) is -0.654. The van der Waals surface area contributed by atoms with Crippen molar-refractivity contribution in [1.29, 1.82) is 0 Å². The number of esters is 1. The van der Waals surface area contributed by atoms with E-state index in [9.17, 15) is 25.2 Å². The van der Waals surface area contributed by atoms with E-state index in [1.165, 1.54) is 24.3 Å². The summed E-state index contributed by atoms with van der Waals surface area (Å²) >= 11 is 0. The van der Waals surface area contributed by atoms with Gasteiger partial charge in [-0.2, -0.15) is 0 Å². The van der Waals surface area contributed by atoms with Crippen molar-refractivity contribution >= 4 is 5.97 Å². The smallest absolute Gasteiger partial charge is 0.338 e. The number of rotatable bonds is 5. The summed E-state index contributed by atoms with van der Waals surface area (Å²) in [5, 5.41) is 38.6. The van der Waals surface area contributed by atoms with Crippen LogP contribution in [0.2, 0.25) is 0 Å². The van der Waals surface area contributed by atoms with Crippen LogP contribution in [0.1, 0.15) is 17.3 Å². The van der Waals surface area contributed by atoms with Crippen molar-refractivity contribution < 1.29 is 39.4 Å². The molecule has 0 spiro atoms. The van der Waals surface area contributed by atoms with E-state index in [0.29, 0.717) is 0 Å². The maximum atomic E-state index is 11.9. The number of aromatic hydroxyl groups is 1. The van der Waals surface area contributed by atoms with Gasteiger partial charge in [0.1, 0.15) is 36.8 Å². The van der Waals surface area contributed by atoms with E-state index in [1.807, 2.05) is 0 Å². The van der Waals surface area contributed by atoms with Gasteiger partial charge in [0.05, 0.1) is 5.56 Å². The lowest BCUT2D eigenvalue weighted by Crippen LogP contribution is -2.59. The molecule has 23 heavy (non-hydrogen) atoms. The van der Waals surface area contributed by atoms with Crippen molar-refractivity contribution in [1.82, 2.24) is 0 Å². The number of carbonyl (C=O) groups excluding carboxylic acids is 1. The first kappa shape index (κ1) is 17.6. The Hall–Kier alpha value is -1.71. The van der Waals surface area contributed by atoms with Crippen molar-refractivity contribution in [3.05, 3.63) is 29.8 Å². The normalized spacial score (nSPS) is 30.9. The van der Waals surface area contributed by atoms with Crippen LogP contribution in [0, 0.1) is 0 Å². The Kier molecular flexibility index (Phi) is 5.91. The Morgan fingerprint density at radius 3 is 2.39 bits per heavy atom. The fourth-order valence-electron chi connectivity index (χ4n) is 2.19. The number of phenolic OH excluding ortho intramolecular Hbond substituents is 1. The molecule has 128 valence electrons. The average Bonchev–Trinajstić information content (AvgIpc) is 2.54. The van der Waals surface area contributed by atoms with Gasteiger partial charge in [-0.1, -0.05) is 0 Å². The fourth-order valence-corrected chi connectivity index (χ4v) is 2.19. The van der Waals surface area contributed by atoms with Crippen LogP contribution < -0.4 is 0 Å². The van der Waals surface area contributed by atoms with E-state index in [2.05, 4.69) is 0 Å². The van der Waals surface area contributed by atoms with Crippen molar-refractivity contribution in [2.75, 3.05) is 13.2 Å². The van der Waals surface area contributed by atoms with Crippen LogP contribution in [-0.4, -0.2) is 70.3 Å². The lowest BCUT2D eigenvalue weighted by molar-refractivity contribution is -0.299. The Labute approximate surface area is 132 Å². The maximum absolute atomic E-state index is 11.9. The molecule has 0 radical (unpaired) electrons. The SMILES string of the molecule is CCO[C@H]1O[C@@H](COC(=O)c2ccc(O)cc2)[C@H](O)[C@@H](O)[C@@H]1O. The molecule has 0 amide bonds. The van der Waals surface area contributed by atoms with Gasteiger partial charge < -0.3 is 34.6 Å². The molecule has 8 nitrogen and oxygen atoms in total. The van der Waals surface area contributed by atoms with Crippen molar-refractivity contribution in [3.8, 4) is 5.75 Å². The molecule has 1 aliphatic heterocycles. The highest BCUT2D eigenvalue weighted by molar-refractivity contribution is 5.89. The van der Waals surface area contributed by atoms with Gasteiger partial charge in [0.25, 0.3) is 0 Å². The molecule has 0 saturated carbocycles. The van der Waals surface area contributed by atoms with Crippen LogP contribution in [0.15, 0.2) is 24.3 Å². The predicted molar refractivity (Wildman–Crippen MR) is 76.7 cm³/mol. The summed E-state index contributed by atoms with van der Waals surface area (Å²) in [4.78, 5) is 11.9. The second-order valence-electron chi connectivity index (χ2n) is 5.12. The minimum Gasteiger partial charge on any atom is -0.508 e. The molecule has 2 rings (SSSR count). The van der Waals surface area contributed by atoms with E-state index in [0.717, 1.165) is 0 Å². The third-order valence-electron chi connectivity index (χ3n) is 3.48. The lowest BCUT2D eigenvalue weighted by atomic mass is 9.99. The van der Waals surface area contributed by atoms with E-state index in [4.69, 9.17) is 14.2 Å². The quantitative estimate of drug-likeness (QED) is 0.528. The molecule has 8 heteroatoms. The Balaban J connectivity index is 1.95. The minimum absolute atomic E-state index is 0.0178. The van der Waals surface area contributed by atoms with E-state index in [-0.39, 0.29) is 24.5 Å². The predicted octanol–water partition coefficient (Wildman–Crippen LogP) is -0.607. The van der Waals surface area contributed by atoms with Crippen LogP contribution in [0.3, 0.4) is 0 Å². The second-order valence-corrected chi connectivity index (χ2v) is 5.12. The molecule has 1 aliphatic rings. The zero-order chi connectivity index (χ0) is 17.0. The highest BCUT2D eigenvalue weighted by Crippen LogP contribution is 2.22. The zero-order valence-corrected chi connectivity index (χ0v) is 12.5. The number of phenols is 1. The number of hydrogen-bond donors (Lipinski definition) is 4. The van der Waals surface area contributed by atoms with Crippen LogP contribution in [0.25, 0.3) is 0 Å². The van der Waals surface area contributed by atoms with Crippen LogP contribution in [-0.2, 0) is 14.2 Å². The summed E-state index contributed by atoms with van der Waals surface area (Å²) in [6, 6.07) is 5.45. The summed E-state index contributed by atoms with van der Waals surface area (Å²) in [6.07, 6.45) is -6.44. The molecule has 5 atom stereocenters. The standard InChI is InChI=1S/C15H20O8/c1-2-21-15-13(19)12(18)11(17)10(23-15)7-22-14(20)8-3-5-9(16)6-4-8/h3-6,10-13,15-19H,2,7H2,1H3/t10-,11-,12+,13-,15-/m0/s1. The first-order valence-electron chi connectivity index (χ1n) is 7.21. The molecule has 4 N–H and O–H groups in total. The van der Waals surface area contributed by atoms with Crippen LogP contribution in [0.4, 0.5) is 0 Å². The second kappa shape index (κ2) is 7.71. The van der Waals surface area contributed by atoms with Gasteiger partial charge in [-0.05, 0) is 31.2 Å². The molecule has 1 heterocycles. The molecule has 1 aromatic rings. The molecule has 0 bridgehead atoms. The highest BCUT2D eigenvalue weighted by atomic mass is 16.7. The van der Waals surface area contributed by atoms with Crippen molar-refractivity contribution in [2.24, 2.45) is 0 Å². The van der Waals surface area contributed by atoms with Gasteiger partial charge in [-0.25, -0.2) is 4.79 Å². The van der Waals surface area contributed by atoms with E-state index >= 15 is 0 Å². The first-order chi connectivity index (χ1) is 10.9. The molecular weight excluding hydrogens is 308 g/mol. The zero-order valence-electron chi connectivity index (χ0n) is 12.5. The van der Waals surface area contributed by atoms with Crippen LogP contribution in [0.5, 0.6) is 5.75 Å². The van der Waals surface area contributed by atoms with Gasteiger partial charge in [0, 0.05) is 6.61 Å². The number of hydrogen-bond acceptors (Lipinski definition) is 8. The lowest BCUT2D eigenvalue weighted by Gasteiger charge is -2.39. The van der Waals surface area contributed by atoms with E-state index in [1.54, 1.807) is 6.92 Å². The van der Waals surface area contributed by atoms with Gasteiger partial charge in [-0.15, -0.1) is 0 Å². The maximum Gasteiger partial charge on any atom is 0.338 e. The largest absolute Gasteiger partial charge is 0.508 e. The summed E-state index contributed by atoms with van der Waals surface area (Å²) < 4.78 is 15.5. The Morgan fingerprint density at radius 2 is 1.78 bits per heavy atom. The number of aliphatic hydroxyl groups is 3. The number of ether oxygens (including phenoxy) is 3. The summed E-state index contributed by atoms with van der Waals surface area (Å²) in [5.41, 5.74) is 0.218. The number of benzene rings is 1. The topological polar surface area (TPSA) is 126 Å². The third kappa shape index (κ3) is 4.18. The van der Waals surface area contributed by atoms with Crippen molar-refractivity contribution in [2.45, 2.75) is 37.6 Å². The molecule has 1 saturated heterocycles. The van der Waals surface area contributed by atoms with Crippen LogP contribution >= 0.6 is 0 Å². The first-order valence-corrected chi connectivity index (χ1v) is 7.21. The number of carbonyl (C=O) groups is 1. The van der Waals surface area contributed by atoms with Crippen molar-refractivity contribution in [3.63, 3.8) is 0 Å². The third-order valence-corrected chi connectivity index (χ3v) is 3.48. The van der Waals surface area contributed by atoms with Gasteiger partial charge in [0.15, 0.2) is 6.29 Å². The Bertz CT molecular complexity index is 517. The average molecular weight is 328 g/mol. The summed E-state index contributed by atoms with van der Waals surface area (Å²) in [6.45, 7) is 1.60. The summed E-state index contributed by atoms with van der Waals surface area (Å²) in [7, 11) is 0. The highest BCUT2D eigenvalue weighted by Gasteiger charge is 2.44. The molecule has 1 fully saturated rings. The molecule has 0 aliphatic carbocycles. The fraction of sp³-hybridized carbons (Fsp3) is 0.533. The molecule has 1 aromatic carbocycles. The Morgan fingerprint density at radius 1 is 1.13 bits per heavy atom. The molecular formula is C15H20O8. The van der Waals surface area contributed by atoms with Gasteiger partial charge in [-0.3, -0.25) is 0 Å². The molecule has 0 aromatic heterocycles. The number of aliphatic hydroxyl groups excluding tert-OH is 3. The minimum atomic E-state index is -1.47. The van der Waals surface area contributed by atoms with Gasteiger partial charge in [0.2, 0.25) is 0 Å².